The zero-order chi connectivity index (χ0) is 14.5. The lowest BCUT2D eigenvalue weighted by atomic mass is 10.2. The summed E-state index contributed by atoms with van der Waals surface area (Å²) in [6.07, 6.45) is 1.50. The highest BCUT2D eigenvalue weighted by Gasteiger charge is 2.09. The van der Waals surface area contributed by atoms with Crippen LogP contribution in [0, 0.1) is 0 Å². The smallest absolute Gasteiger partial charge is 0.251 e. The number of methoxy groups -OCH3 is 1. The molecule has 0 saturated carbocycles. The third-order valence-corrected chi connectivity index (χ3v) is 3.45. The van der Waals surface area contributed by atoms with Gasteiger partial charge in [-0.2, -0.15) is 0 Å². The van der Waals surface area contributed by atoms with Gasteiger partial charge in [-0.05, 0) is 24.6 Å². The maximum atomic E-state index is 11.7. The number of amides is 1. The molecule has 0 aliphatic rings. The molecular weight excluding hydrogens is 270 g/mol. The molecule has 0 atom stereocenters. The number of phenolic OH excluding ortho intramolecular Hbond substituents is 1. The van der Waals surface area contributed by atoms with Crippen LogP contribution in [0.2, 0.25) is 0 Å². The van der Waals surface area contributed by atoms with Gasteiger partial charge in [-0.1, -0.05) is 0 Å². The van der Waals surface area contributed by atoms with Crippen LogP contribution in [-0.2, 0) is 9.84 Å². The quantitative estimate of drug-likeness (QED) is 0.746. The number of hydrogen-bond acceptors (Lipinski definition) is 5. The fourth-order valence-corrected chi connectivity index (χ4v) is 2.14. The zero-order valence-electron chi connectivity index (χ0n) is 10.8. The van der Waals surface area contributed by atoms with Gasteiger partial charge in [-0.25, -0.2) is 8.42 Å². The maximum Gasteiger partial charge on any atom is 0.251 e. The topological polar surface area (TPSA) is 92.7 Å². The third kappa shape index (κ3) is 5.17. The highest BCUT2D eigenvalue weighted by atomic mass is 32.2. The largest absolute Gasteiger partial charge is 0.504 e. The molecule has 1 amide bonds. The molecule has 1 aromatic carbocycles. The van der Waals surface area contributed by atoms with Crippen LogP contribution in [0.25, 0.3) is 0 Å². The summed E-state index contributed by atoms with van der Waals surface area (Å²) in [4.78, 5) is 11.7. The van der Waals surface area contributed by atoms with Gasteiger partial charge in [0.25, 0.3) is 5.91 Å². The average molecular weight is 287 g/mol. The van der Waals surface area contributed by atoms with Crippen molar-refractivity contribution in [2.75, 3.05) is 25.7 Å². The van der Waals surface area contributed by atoms with E-state index in [4.69, 9.17) is 4.74 Å². The van der Waals surface area contributed by atoms with Gasteiger partial charge in [-0.15, -0.1) is 0 Å². The van der Waals surface area contributed by atoms with Gasteiger partial charge in [-0.3, -0.25) is 4.79 Å². The lowest BCUT2D eigenvalue weighted by molar-refractivity contribution is 0.0953. The lowest BCUT2D eigenvalue weighted by Gasteiger charge is -2.07. The van der Waals surface area contributed by atoms with E-state index in [-0.39, 0.29) is 35.3 Å². The minimum absolute atomic E-state index is 0.0289. The van der Waals surface area contributed by atoms with Crippen molar-refractivity contribution >= 4 is 15.7 Å². The molecule has 0 fully saturated rings. The standard InChI is InChI=1S/C12H17NO5S/c1-18-11-5-4-9(8-10(11)14)12(15)13-6-3-7-19(2,16)17/h4-5,8,14H,3,6-7H2,1-2H3,(H,13,15). The minimum Gasteiger partial charge on any atom is -0.504 e. The number of sulfone groups is 1. The van der Waals surface area contributed by atoms with Gasteiger partial charge in [0, 0.05) is 18.4 Å². The second-order valence-electron chi connectivity index (χ2n) is 4.13. The zero-order valence-corrected chi connectivity index (χ0v) is 11.7. The Morgan fingerprint density at radius 3 is 2.63 bits per heavy atom. The Labute approximate surface area is 112 Å². The van der Waals surface area contributed by atoms with Gasteiger partial charge in [0.05, 0.1) is 12.9 Å². The molecule has 6 nitrogen and oxygen atoms in total. The Balaban J connectivity index is 2.52. The first-order valence-corrected chi connectivity index (χ1v) is 7.72. The number of aromatic hydroxyl groups is 1. The summed E-state index contributed by atoms with van der Waals surface area (Å²) in [5, 5.41) is 12.1. The van der Waals surface area contributed by atoms with Crippen LogP contribution in [-0.4, -0.2) is 45.1 Å². The summed E-state index contributed by atoms with van der Waals surface area (Å²) in [6, 6.07) is 4.30. The Hall–Kier alpha value is -1.76. The summed E-state index contributed by atoms with van der Waals surface area (Å²) in [6.45, 7) is 0.263. The predicted octanol–water partition coefficient (Wildman–Crippen LogP) is 0.565. The van der Waals surface area contributed by atoms with E-state index >= 15 is 0 Å². The Morgan fingerprint density at radius 2 is 2.11 bits per heavy atom. The molecule has 0 aromatic heterocycles. The van der Waals surface area contributed by atoms with Crippen LogP contribution in [0.1, 0.15) is 16.8 Å². The molecule has 1 aromatic rings. The average Bonchev–Trinajstić information content (AvgIpc) is 2.33. The van der Waals surface area contributed by atoms with Crippen LogP contribution < -0.4 is 10.1 Å². The summed E-state index contributed by atoms with van der Waals surface area (Å²) in [5.74, 6) is -0.174. The fraction of sp³-hybridized carbons (Fsp3) is 0.417. The van der Waals surface area contributed by atoms with E-state index in [0.29, 0.717) is 6.42 Å². The summed E-state index contributed by atoms with van der Waals surface area (Å²) in [5.41, 5.74) is 0.289. The van der Waals surface area contributed by atoms with Crippen molar-refractivity contribution in [1.82, 2.24) is 5.32 Å². The van der Waals surface area contributed by atoms with Gasteiger partial charge in [0.15, 0.2) is 11.5 Å². The number of nitrogens with one attached hydrogen (secondary N) is 1. The summed E-state index contributed by atoms with van der Waals surface area (Å²) >= 11 is 0. The van der Waals surface area contributed by atoms with Gasteiger partial charge in [0.1, 0.15) is 9.84 Å². The lowest BCUT2D eigenvalue weighted by Crippen LogP contribution is -2.25. The molecule has 19 heavy (non-hydrogen) atoms. The SMILES string of the molecule is COc1ccc(C(=O)NCCCS(C)(=O)=O)cc1O. The molecule has 0 bridgehead atoms. The molecule has 0 spiro atoms. The Kier molecular flexibility index (Phi) is 5.17. The Morgan fingerprint density at radius 1 is 1.42 bits per heavy atom. The third-order valence-electron chi connectivity index (χ3n) is 2.42. The monoisotopic (exact) mass is 287 g/mol. The number of hydrogen-bond donors (Lipinski definition) is 2. The molecular formula is C12H17NO5S. The van der Waals surface area contributed by atoms with Crippen LogP contribution in [0.4, 0.5) is 0 Å². The Bertz CT molecular complexity index is 553. The van der Waals surface area contributed by atoms with E-state index < -0.39 is 9.84 Å². The van der Waals surface area contributed by atoms with Crippen LogP contribution in [0.5, 0.6) is 11.5 Å². The highest BCUT2D eigenvalue weighted by molar-refractivity contribution is 7.90. The maximum absolute atomic E-state index is 11.7. The summed E-state index contributed by atoms with van der Waals surface area (Å²) in [7, 11) is -1.59. The molecule has 106 valence electrons. The first-order valence-electron chi connectivity index (χ1n) is 5.66. The molecule has 0 aliphatic carbocycles. The fourth-order valence-electron chi connectivity index (χ4n) is 1.47. The second-order valence-corrected chi connectivity index (χ2v) is 6.39. The van der Waals surface area contributed by atoms with Crippen molar-refractivity contribution in [3.05, 3.63) is 23.8 Å². The number of benzene rings is 1. The van der Waals surface area contributed by atoms with Crippen molar-refractivity contribution in [1.29, 1.82) is 0 Å². The van der Waals surface area contributed by atoms with E-state index in [2.05, 4.69) is 5.32 Å². The molecule has 0 radical (unpaired) electrons. The number of phenols is 1. The van der Waals surface area contributed by atoms with Crippen molar-refractivity contribution in [3.63, 3.8) is 0 Å². The van der Waals surface area contributed by atoms with E-state index in [9.17, 15) is 18.3 Å². The van der Waals surface area contributed by atoms with E-state index in [0.717, 1.165) is 6.26 Å². The van der Waals surface area contributed by atoms with Gasteiger partial charge >= 0.3 is 0 Å². The molecule has 1 rings (SSSR count). The number of rotatable bonds is 6. The highest BCUT2D eigenvalue weighted by Crippen LogP contribution is 2.25. The van der Waals surface area contributed by atoms with Crippen molar-refractivity contribution < 1.29 is 23.1 Å². The second kappa shape index (κ2) is 6.42. The molecule has 7 heteroatoms. The van der Waals surface area contributed by atoms with Gasteiger partial charge in [0.2, 0.25) is 0 Å². The van der Waals surface area contributed by atoms with Crippen molar-refractivity contribution in [3.8, 4) is 11.5 Å². The normalized spacial score (nSPS) is 11.1. The number of carbonyl (C=O) groups excluding carboxylic acids is 1. The first kappa shape index (κ1) is 15.3. The molecule has 0 aliphatic heterocycles. The predicted molar refractivity (Wildman–Crippen MR) is 71.3 cm³/mol. The van der Waals surface area contributed by atoms with E-state index in [1.165, 1.54) is 25.3 Å². The molecule has 0 heterocycles. The molecule has 2 N–H and O–H groups in total. The van der Waals surface area contributed by atoms with Crippen molar-refractivity contribution in [2.24, 2.45) is 0 Å². The van der Waals surface area contributed by atoms with Gasteiger partial charge < -0.3 is 15.2 Å². The minimum atomic E-state index is -3.01. The molecule has 0 saturated heterocycles. The first-order chi connectivity index (χ1) is 8.83. The molecule has 0 unspecified atom stereocenters. The van der Waals surface area contributed by atoms with Crippen LogP contribution in [0.15, 0.2) is 18.2 Å². The van der Waals surface area contributed by atoms with E-state index in [1.54, 1.807) is 0 Å². The van der Waals surface area contributed by atoms with Crippen molar-refractivity contribution in [2.45, 2.75) is 6.42 Å². The number of carbonyl (C=O) groups is 1. The number of ether oxygens (including phenoxy) is 1. The van der Waals surface area contributed by atoms with Crippen LogP contribution >= 0.6 is 0 Å². The van der Waals surface area contributed by atoms with E-state index in [1.807, 2.05) is 0 Å². The summed E-state index contributed by atoms with van der Waals surface area (Å²) < 4.78 is 26.7. The van der Waals surface area contributed by atoms with Crippen LogP contribution in [0.3, 0.4) is 0 Å².